The molecule has 0 radical (unpaired) electrons. The van der Waals surface area contributed by atoms with Crippen LogP contribution in [0.4, 0.5) is 0 Å². The Bertz CT molecular complexity index is 443. The fourth-order valence-corrected chi connectivity index (χ4v) is 2.00. The molecule has 19 heavy (non-hydrogen) atoms. The van der Waals surface area contributed by atoms with Crippen molar-refractivity contribution in [3.8, 4) is 0 Å². The highest BCUT2D eigenvalue weighted by Crippen LogP contribution is 2.11. The first-order chi connectivity index (χ1) is 9.29. The molecule has 1 heterocycles. The van der Waals surface area contributed by atoms with Gasteiger partial charge >= 0.3 is 0 Å². The number of amides is 1. The average Bonchev–Trinajstić information content (AvgIpc) is 2.45. The summed E-state index contributed by atoms with van der Waals surface area (Å²) in [4.78, 5) is 17.2. The molecule has 0 saturated heterocycles. The van der Waals surface area contributed by atoms with Crippen molar-refractivity contribution < 1.29 is 9.63 Å². The number of nitrogens with one attached hydrogen (secondary N) is 1. The summed E-state index contributed by atoms with van der Waals surface area (Å²) in [5, 5.41) is 6.82. The van der Waals surface area contributed by atoms with Crippen LogP contribution in [0.25, 0.3) is 0 Å². The standard InChI is InChI=1S/C15H20N2O2/c1-2-3-9-14-16-15(18)13(19-17-14)11-10-12-7-5-4-6-8-12/h4-8,13H,2-3,9-11H2,1H3,(H,16,17,18). The van der Waals surface area contributed by atoms with Crippen LogP contribution >= 0.6 is 0 Å². The highest BCUT2D eigenvalue weighted by atomic mass is 16.6. The molecule has 1 atom stereocenters. The summed E-state index contributed by atoms with van der Waals surface area (Å²) in [6.45, 7) is 2.11. The molecule has 0 bridgehead atoms. The van der Waals surface area contributed by atoms with Gasteiger partial charge < -0.3 is 10.2 Å². The van der Waals surface area contributed by atoms with E-state index in [4.69, 9.17) is 4.84 Å². The van der Waals surface area contributed by atoms with Crippen molar-refractivity contribution >= 4 is 11.7 Å². The van der Waals surface area contributed by atoms with Gasteiger partial charge in [0, 0.05) is 12.8 Å². The van der Waals surface area contributed by atoms with E-state index in [1.165, 1.54) is 5.56 Å². The Morgan fingerprint density at radius 1 is 1.26 bits per heavy atom. The molecule has 1 aromatic carbocycles. The van der Waals surface area contributed by atoms with E-state index >= 15 is 0 Å². The number of carbonyl (C=O) groups is 1. The molecule has 0 spiro atoms. The van der Waals surface area contributed by atoms with E-state index < -0.39 is 6.10 Å². The molecule has 1 unspecified atom stereocenters. The topological polar surface area (TPSA) is 50.7 Å². The molecule has 0 aliphatic carbocycles. The van der Waals surface area contributed by atoms with Crippen LogP contribution in [0, 0.1) is 0 Å². The minimum absolute atomic E-state index is 0.0722. The molecule has 1 aliphatic rings. The maximum atomic E-state index is 11.9. The third-order valence-corrected chi connectivity index (χ3v) is 3.16. The molecule has 2 rings (SSSR count). The second-order valence-electron chi connectivity index (χ2n) is 4.75. The first kappa shape index (κ1) is 13.6. The van der Waals surface area contributed by atoms with Crippen LogP contribution < -0.4 is 5.32 Å². The number of oxime groups is 1. The van der Waals surface area contributed by atoms with Gasteiger partial charge in [0.05, 0.1) is 0 Å². The van der Waals surface area contributed by atoms with Gasteiger partial charge in [-0.1, -0.05) is 48.8 Å². The number of amidine groups is 1. The smallest absolute Gasteiger partial charge is 0.269 e. The Hall–Kier alpha value is -1.84. The summed E-state index contributed by atoms with van der Waals surface area (Å²) in [5.74, 6) is 0.583. The quantitative estimate of drug-likeness (QED) is 0.854. The van der Waals surface area contributed by atoms with Gasteiger partial charge in [-0.25, -0.2) is 0 Å². The van der Waals surface area contributed by atoms with Crippen molar-refractivity contribution in [1.82, 2.24) is 5.32 Å². The molecular weight excluding hydrogens is 240 g/mol. The first-order valence-corrected chi connectivity index (χ1v) is 6.87. The molecule has 4 heteroatoms. The van der Waals surface area contributed by atoms with Crippen LogP contribution in [0.3, 0.4) is 0 Å². The molecule has 102 valence electrons. The second kappa shape index (κ2) is 6.92. The number of hydrogen-bond acceptors (Lipinski definition) is 3. The minimum Gasteiger partial charge on any atom is -0.381 e. The zero-order valence-corrected chi connectivity index (χ0v) is 11.3. The number of rotatable bonds is 6. The second-order valence-corrected chi connectivity index (χ2v) is 4.75. The Labute approximate surface area is 113 Å². The molecule has 1 aliphatic heterocycles. The number of nitrogens with zero attached hydrogens (tertiary/aromatic N) is 1. The highest BCUT2D eigenvalue weighted by molar-refractivity contribution is 6.00. The fourth-order valence-electron chi connectivity index (χ4n) is 2.00. The van der Waals surface area contributed by atoms with Crippen molar-refractivity contribution in [2.24, 2.45) is 5.16 Å². The largest absolute Gasteiger partial charge is 0.381 e. The minimum atomic E-state index is -0.467. The average molecular weight is 260 g/mol. The molecular formula is C15H20N2O2. The van der Waals surface area contributed by atoms with Crippen molar-refractivity contribution in [3.63, 3.8) is 0 Å². The van der Waals surface area contributed by atoms with Crippen LogP contribution in [0.2, 0.25) is 0 Å². The van der Waals surface area contributed by atoms with E-state index in [9.17, 15) is 4.79 Å². The number of benzene rings is 1. The van der Waals surface area contributed by atoms with E-state index in [0.29, 0.717) is 12.3 Å². The summed E-state index contributed by atoms with van der Waals surface area (Å²) < 4.78 is 0. The van der Waals surface area contributed by atoms with Gasteiger partial charge in [-0.3, -0.25) is 4.79 Å². The van der Waals surface area contributed by atoms with Gasteiger partial charge in [0.25, 0.3) is 5.91 Å². The number of aryl methyl sites for hydroxylation is 1. The van der Waals surface area contributed by atoms with Crippen molar-refractivity contribution in [2.45, 2.75) is 45.1 Å². The Morgan fingerprint density at radius 3 is 2.74 bits per heavy atom. The van der Waals surface area contributed by atoms with Gasteiger partial charge in [-0.15, -0.1) is 0 Å². The van der Waals surface area contributed by atoms with Gasteiger partial charge in [0.2, 0.25) is 6.10 Å². The lowest BCUT2D eigenvalue weighted by Crippen LogP contribution is -2.43. The summed E-state index contributed by atoms with van der Waals surface area (Å²) >= 11 is 0. The third kappa shape index (κ3) is 4.09. The number of hydrogen-bond donors (Lipinski definition) is 1. The zero-order chi connectivity index (χ0) is 13.5. The van der Waals surface area contributed by atoms with Crippen molar-refractivity contribution in [1.29, 1.82) is 0 Å². The zero-order valence-electron chi connectivity index (χ0n) is 11.3. The molecule has 4 nitrogen and oxygen atoms in total. The van der Waals surface area contributed by atoms with E-state index in [-0.39, 0.29) is 5.91 Å². The molecule has 0 fully saturated rings. The van der Waals surface area contributed by atoms with Gasteiger partial charge in [-0.05, 0) is 18.4 Å². The van der Waals surface area contributed by atoms with E-state index in [1.54, 1.807) is 0 Å². The molecule has 1 amide bonds. The van der Waals surface area contributed by atoms with Gasteiger partial charge in [0.1, 0.15) is 5.84 Å². The Kier molecular flexibility index (Phi) is 4.95. The molecule has 0 aromatic heterocycles. The van der Waals surface area contributed by atoms with Crippen LogP contribution in [0.15, 0.2) is 35.5 Å². The first-order valence-electron chi connectivity index (χ1n) is 6.87. The lowest BCUT2D eigenvalue weighted by Gasteiger charge is -2.21. The lowest BCUT2D eigenvalue weighted by molar-refractivity contribution is -0.133. The molecule has 1 N–H and O–H groups in total. The fraction of sp³-hybridized carbons (Fsp3) is 0.467. The Morgan fingerprint density at radius 2 is 2.05 bits per heavy atom. The van der Waals surface area contributed by atoms with Gasteiger partial charge in [0.15, 0.2) is 0 Å². The van der Waals surface area contributed by atoms with Crippen LogP contribution in [0.5, 0.6) is 0 Å². The number of carbonyl (C=O) groups excluding carboxylic acids is 1. The van der Waals surface area contributed by atoms with E-state index in [1.807, 2.05) is 18.2 Å². The number of unbranched alkanes of at least 4 members (excludes halogenated alkanes) is 1. The van der Waals surface area contributed by atoms with Crippen LogP contribution in [-0.4, -0.2) is 17.8 Å². The maximum absolute atomic E-state index is 11.9. The van der Waals surface area contributed by atoms with E-state index in [0.717, 1.165) is 25.7 Å². The maximum Gasteiger partial charge on any atom is 0.269 e. The van der Waals surface area contributed by atoms with Crippen LogP contribution in [0.1, 0.15) is 38.2 Å². The monoisotopic (exact) mass is 260 g/mol. The van der Waals surface area contributed by atoms with Crippen molar-refractivity contribution in [3.05, 3.63) is 35.9 Å². The van der Waals surface area contributed by atoms with E-state index in [2.05, 4.69) is 29.5 Å². The summed E-state index contributed by atoms with van der Waals surface area (Å²) in [7, 11) is 0. The molecule has 0 saturated carbocycles. The SMILES string of the molecule is CCCCC1=NOC(CCc2ccccc2)C(=O)N1. The van der Waals surface area contributed by atoms with Crippen LogP contribution in [-0.2, 0) is 16.1 Å². The highest BCUT2D eigenvalue weighted by Gasteiger charge is 2.25. The predicted octanol–water partition coefficient (Wildman–Crippen LogP) is 2.64. The third-order valence-electron chi connectivity index (χ3n) is 3.16. The summed E-state index contributed by atoms with van der Waals surface area (Å²) in [5.41, 5.74) is 1.21. The Balaban J connectivity index is 1.83. The molecule has 1 aromatic rings. The normalized spacial score (nSPS) is 18.5. The predicted molar refractivity (Wildman–Crippen MR) is 74.7 cm³/mol. The van der Waals surface area contributed by atoms with Gasteiger partial charge in [-0.2, -0.15) is 0 Å². The lowest BCUT2D eigenvalue weighted by atomic mass is 10.1. The summed E-state index contributed by atoms with van der Waals surface area (Å²) in [6.07, 6.45) is 3.86. The summed E-state index contributed by atoms with van der Waals surface area (Å²) in [6, 6.07) is 10.1. The van der Waals surface area contributed by atoms with Crippen molar-refractivity contribution in [2.75, 3.05) is 0 Å².